The van der Waals surface area contributed by atoms with Gasteiger partial charge in [-0.3, -0.25) is 4.79 Å². The molecule has 4 nitrogen and oxygen atoms in total. The minimum atomic E-state index is 0.140. The molecule has 1 heterocycles. The lowest BCUT2D eigenvalue weighted by molar-refractivity contribution is -0.131. The Bertz CT molecular complexity index is 532. The third kappa shape index (κ3) is 3.88. The molecule has 1 amide bonds. The Labute approximate surface area is 119 Å². The van der Waals surface area contributed by atoms with Crippen LogP contribution in [0.25, 0.3) is 0 Å². The Kier molecular flexibility index (Phi) is 4.82. The van der Waals surface area contributed by atoms with Crippen molar-refractivity contribution in [1.29, 1.82) is 0 Å². The summed E-state index contributed by atoms with van der Waals surface area (Å²) in [5, 5.41) is 0. The molecule has 0 saturated heterocycles. The van der Waals surface area contributed by atoms with E-state index in [9.17, 15) is 4.79 Å². The second-order valence-corrected chi connectivity index (χ2v) is 4.73. The molecule has 0 atom stereocenters. The molecule has 0 fully saturated rings. The normalized spacial score (nSPS) is 10.4. The van der Waals surface area contributed by atoms with Gasteiger partial charge in [0.1, 0.15) is 5.76 Å². The Morgan fingerprint density at radius 1 is 1.25 bits per heavy atom. The van der Waals surface area contributed by atoms with Crippen molar-refractivity contribution < 1.29 is 9.21 Å². The van der Waals surface area contributed by atoms with Crippen LogP contribution in [0.5, 0.6) is 0 Å². The summed E-state index contributed by atoms with van der Waals surface area (Å²) in [7, 11) is 0. The smallest absolute Gasteiger partial charge is 0.223 e. The van der Waals surface area contributed by atoms with E-state index >= 15 is 0 Å². The first-order valence-corrected chi connectivity index (χ1v) is 6.83. The zero-order chi connectivity index (χ0) is 14.4. The molecule has 2 aromatic rings. The van der Waals surface area contributed by atoms with E-state index in [2.05, 4.69) is 0 Å². The van der Waals surface area contributed by atoms with Crippen molar-refractivity contribution >= 4 is 11.6 Å². The number of benzene rings is 1. The minimum absolute atomic E-state index is 0.140. The Balaban J connectivity index is 1.90. The number of furan rings is 1. The number of rotatable bonds is 6. The maximum absolute atomic E-state index is 12.2. The highest BCUT2D eigenvalue weighted by atomic mass is 16.3. The quantitative estimate of drug-likeness (QED) is 0.823. The first-order chi connectivity index (χ1) is 9.69. The van der Waals surface area contributed by atoms with Gasteiger partial charge in [0.2, 0.25) is 5.91 Å². The lowest BCUT2D eigenvalue weighted by atomic mass is 10.1. The Morgan fingerprint density at radius 2 is 2.00 bits per heavy atom. The van der Waals surface area contributed by atoms with Crippen LogP contribution in [0.3, 0.4) is 0 Å². The van der Waals surface area contributed by atoms with Crippen LogP contribution in [0.4, 0.5) is 5.69 Å². The van der Waals surface area contributed by atoms with Crippen LogP contribution in [0.15, 0.2) is 47.1 Å². The number of hydrogen-bond donors (Lipinski definition) is 1. The fourth-order valence-electron chi connectivity index (χ4n) is 2.06. The van der Waals surface area contributed by atoms with Crippen LogP contribution in [0.1, 0.15) is 24.7 Å². The Hall–Kier alpha value is -2.23. The van der Waals surface area contributed by atoms with Gasteiger partial charge in [-0.1, -0.05) is 12.1 Å². The molecular weight excluding hydrogens is 252 g/mol. The molecule has 0 bridgehead atoms. The predicted molar refractivity (Wildman–Crippen MR) is 79.0 cm³/mol. The number of nitrogen functional groups attached to an aromatic ring is 1. The molecule has 106 valence electrons. The van der Waals surface area contributed by atoms with Gasteiger partial charge in [-0.2, -0.15) is 0 Å². The molecule has 4 heteroatoms. The molecule has 20 heavy (non-hydrogen) atoms. The summed E-state index contributed by atoms with van der Waals surface area (Å²) in [6.45, 7) is 3.30. The van der Waals surface area contributed by atoms with Crippen molar-refractivity contribution in [2.24, 2.45) is 0 Å². The van der Waals surface area contributed by atoms with E-state index in [-0.39, 0.29) is 5.91 Å². The average Bonchev–Trinajstić information content (AvgIpc) is 2.97. The fourth-order valence-corrected chi connectivity index (χ4v) is 2.06. The van der Waals surface area contributed by atoms with E-state index in [1.807, 2.05) is 48.2 Å². The van der Waals surface area contributed by atoms with Gasteiger partial charge in [0.05, 0.1) is 6.26 Å². The summed E-state index contributed by atoms with van der Waals surface area (Å²) in [5.41, 5.74) is 7.49. The lowest BCUT2D eigenvalue weighted by Crippen LogP contribution is -2.30. The van der Waals surface area contributed by atoms with Crippen molar-refractivity contribution in [1.82, 2.24) is 4.90 Å². The van der Waals surface area contributed by atoms with Gasteiger partial charge >= 0.3 is 0 Å². The minimum Gasteiger partial charge on any atom is -0.469 e. The number of hydrogen-bond acceptors (Lipinski definition) is 3. The molecule has 0 aliphatic heterocycles. The lowest BCUT2D eigenvalue weighted by Gasteiger charge is -2.21. The highest BCUT2D eigenvalue weighted by molar-refractivity contribution is 5.76. The van der Waals surface area contributed by atoms with Gasteiger partial charge in [0, 0.05) is 31.6 Å². The van der Waals surface area contributed by atoms with Crippen LogP contribution >= 0.6 is 0 Å². The molecule has 0 aliphatic carbocycles. The van der Waals surface area contributed by atoms with Crippen molar-refractivity contribution in [3.05, 3.63) is 54.0 Å². The topological polar surface area (TPSA) is 59.5 Å². The van der Waals surface area contributed by atoms with Crippen molar-refractivity contribution in [2.45, 2.75) is 26.3 Å². The zero-order valence-corrected chi connectivity index (χ0v) is 11.7. The number of carbonyl (C=O) groups excluding carboxylic acids is 1. The van der Waals surface area contributed by atoms with Crippen molar-refractivity contribution in [3.8, 4) is 0 Å². The molecule has 0 saturated carbocycles. The van der Waals surface area contributed by atoms with E-state index < -0.39 is 0 Å². The van der Waals surface area contributed by atoms with Gasteiger partial charge < -0.3 is 15.1 Å². The van der Waals surface area contributed by atoms with E-state index in [1.54, 1.807) is 6.26 Å². The maximum Gasteiger partial charge on any atom is 0.223 e. The average molecular weight is 272 g/mol. The van der Waals surface area contributed by atoms with Crippen LogP contribution in [0, 0.1) is 0 Å². The molecule has 0 radical (unpaired) electrons. The van der Waals surface area contributed by atoms with Gasteiger partial charge in [0.25, 0.3) is 0 Å². The number of amides is 1. The first-order valence-electron chi connectivity index (χ1n) is 6.83. The van der Waals surface area contributed by atoms with Gasteiger partial charge in [-0.15, -0.1) is 0 Å². The van der Waals surface area contributed by atoms with Crippen LogP contribution < -0.4 is 5.73 Å². The van der Waals surface area contributed by atoms with Gasteiger partial charge in [-0.05, 0) is 36.8 Å². The number of anilines is 1. The van der Waals surface area contributed by atoms with Gasteiger partial charge in [-0.25, -0.2) is 0 Å². The molecular formula is C16H20N2O2. The molecule has 0 unspecified atom stereocenters. The molecule has 0 spiro atoms. The summed E-state index contributed by atoms with van der Waals surface area (Å²) >= 11 is 0. The van der Waals surface area contributed by atoms with Crippen molar-refractivity contribution in [3.63, 3.8) is 0 Å². The molecule has 1 aromatic heterocycles. The summed E-state index contributed by atoms with van der Waals surface area (Å²) < 4.78 is 5.24. The number of aryl methyl sites for hydroxylation is 1. The predicted octanol–water partition coefficient (Wildman–Crippen LogP) is 2.84. The van der Waals surface area contributed by atoms with E-state index in [0.29, 0.717) is 25.9 Å². The van der Waals surface area contributed by atoms with E-state index in [0.717, 1.165) is 17.0 Å². The second-order valence-electron chi connectivity index (χ2n) is 4.73. The standard InChI is InChI=1S/C16H20N2O2/c1-2-18(12-13-5-7-14(17)8-6-13)16(19)10-9-15-4-3-11-20-15/h3-8,11H,2,9-10,12,17H2,1H3. The fraction of sp³-hybridized carbons (Fsp3) is 0.312. The largest absolute Gasteiger partial charge is 0.469 e. The van der Waals surface area contributed by atoms with Crippen LogP contribution in [-0.4, -0.2) is 17.4 Å². The van der Waals surface area contributed by atoms with E-state index in [1.165, 1.54) is 0 Å². The summed E-state index contributed by atoms with van der Waals surface area (Å²) in [6.07, 6.45) is 2.74. The van der Waals surface area contributed by atoms with Crippen LogP contribution in [-0.2, 0) is 17.8 Å². The maximum atomic E-state index is 12.2. The first kappa shape index (κ1) is 14.2. The van der Waals surface area contributed by atoms with E-state index in [4.69, 9.17) is 10.2 Å². The number of nitrogens with two attached hydrogens (primary N) is 1. The molecule has 0 aliphatic rings. The number of carbonyl (C=O) groups is 1. The molecule has 2 N–H and O–H groups in total. The zero-order valence-electron chi connectivity index (χ0n) is 11.7. The summed E-state index contributed by atoms with van der Waals surface area (Å²) in [5.74, 6) is 0.989. The Morgan fingerprint density at radius 3 is 2.60 bits per heavy atom. The van der Waals surface area contributed by atoms with Crippen LogP contribution in [0.2, 0.25) is 0 Å². The third-order valence-electron chi connectivity index (χ3n) is 3.25. The third-order valence-corrected chi connectivity index (χ3v) is 3.25. The number of nitrogens with zero attached hydrogens (tertiary/aromatic N) is 1. The van der Waals surface area contributed by atoms with Crippen molar-refractivity contribution in [2.75, 3.05) is 12.3 Å². The molecule has 1 aromatic carbocycles. The van der Waals surface area contributed by atoms with Gasteiger partial charge in [0.15, 0.2) is 0 Å². The highest BCUT2D eigenvalue weighted by Gasteiger charge is 2.12. The highest BCUT2D eigenvalue weighted by Crippen LogP contribution is 2.11. The molecule has 2 rings (SSSR count). The second kappa shape index (κ2) is 6.80. The summed E-state index contributed by atoms with van der Waals surface area (Å²) in [4.78, 5) is 14.0. The SMILES string of the molecule is CCN(Cc1ccc(N)cc1)C(=O)CCc1ccco1. The monoisotopic (exact) mass is 272 g/mol. The summed E-state index contributed by atoms with van der Waals surface area (Å²) in [6, 6.07) is 11.4.